The van der Waals surface area contributed by atoms with Crippen molar-refractivity contribution in [3.8, 4) is 5.75 Å². The van der Waals surface area contributed by atoms with Gasteiger partial charge in [0.25, 0.3) is 5.91 Å². The van der Waals surface area contributed by atoms with E-state index in [9.17, 15) is 14.7 Å². The molecule has 1 N–H and O–H groups in total. The molecule has 1 aromatic rings. The Morgan fingerprint density at radius 1 is 1.32 bits per heavy atom. The van der Waals surface area contributed by atoms with Gasteiger partial charge < -0.3 is 14.7 Å². The summed E-state index contributed by atoms with van der Waals surface area (Å²) < 4.78 is 5.50. The lowest BCUT2D eigenvalue weighted by atomic mass is 9.90. The SMILES string of the molecule is CC(C)c1ccc(OCC(=O)N2CCC(C)(C(=O)O)C2)cc1. The molecule has 1 unspecified atom stereocenters. The number of hydrogen-bond donors (Lipinski definition) is 1. The molecule has 1 aliphatic heterocycles. The van der Waals surface area contributed by atoms with Gasteiger partial charge in [0.05, 0.1) is 5.41 Å². The summed E-state index contributed by atoms with van der Waals surface area (Å²) in [6.45, 7) is 6.57. The predicted octanol–water partition coefficient (Wildman–Crippen LogP) is 2.51. The molecule has 0 radical (unpaired) electrons. The van der Waals surface area contributed by atoms with Gasteiger partial charge in [-0.15, -0.1) is 0 Å². The quantitative estimate of drug-likeness (QED) is 0.907. The summed E-state index contributed by atoms with van der Waals surface area (Å²) in [6, 6.07) is 7.69. The summed E-state index contributed by atoms with van der Waals surface area (Å²) in [5.41, 5.74) is 0.379. The van der Waals surface area contributed by atoms with E-state index in [0.717, 1.165) is 0 Å². The van der Waals surface area contributed by atoms with E-state index in [4.69, 9.17) is 4.74 Å². The van der Waals surface area contributed by atoms with Crippen LogP contribution in [0.3, 0.4) is 0 Å². The van der Waals surface area contributed by atoms with Gasteiger partial charge in [-0.2, -0.15) is 0 Å². The molecule has 1 amide bonds. The molecule has 1 heterocycles. The maximum absolute atomic E-state index is 12.1. The van der Waals surface area contributed by atoms with Gasteiger partial charge in [0, 0.05) is 13.1 Å². The molecular weight excluding hydrogens is 282 g/mol. The average molecular weight is 305 g/mol. The summed E-state index contributed by atoms with van der Waals surface area (Å²) in [6.07, 6.45) is 0.483. The highest BCUT2D eigenvalue weighted by atomic mass is 16.5. The predicted molar refractivity (Wildman–Crippen MR) is 83.0 cm³/mol. The fraction of sp³-hybridized carbons (Fsp3) is 0.529. The molecule has 0 bridgehead atoms. The van der Waals surface area contributed by atoms with Crippen molar-refractivity contribution >= 4 is 11.9 Å². The summed E-state index contributed by atoms with van der Waals surface area (Å²) in [7, 11) is 0. The first-order valence-corrected chi connectivity index (χ1v) is 7.56. The smallest absolute Gasteiger partial charge is 0.311 e. The normalized spacial score (nSPS) is 21.2. The van der Waals surface area contributed by atoms with E-state index >= 15 is 0 Å². The van der Waals surface area contributed by atoms with Crippen molar-refractivity contribution in [1.82, 2.24) is 4.90 Å². The van der Waals surface area contributed by atoms with E-state index in [1.54, 1.807) is 11.8 Å². The Kier molecular flexibility index (Phi) is 4.74. The summed E-state index contributed by atoms with van der Waals surface area (Å²) in [4.78, 5) is 24.9. The second-order valence-electron chi connectivity index (χ2n) is 6.44. The monoisotopic (exact) mass is 305 g/mol. The third-order valence-corrected chi connectivity index (χ3v) is 4.25. The number of ether oxygens (including phenoxy) is 1. The van der Waals surface area contributed by atoms with Gasteiger partial charge in [0.15, 0.2) is 6.61 Å². The van der Waals surface area contributed by atoms with Crippen LogP contribution in [-0.2, 0) is 9.59 Å². The van der Waals surface area contributed by atoms with Crippen LogP contribution in [0, 0.1) is 5.41 Å². The fourth-order valence-electron chi connectivity index (χ4n) is 2.53. The van der Waals surface area contributed by atoms with Crippen LogP contribution in [0.4, 0.5) is 0 Å². The second-order valence-corrected chi connectivity index (χ2v) is 6.44. The van der Waals surface area contributed by atoms with Gasteiger partial charge >= 0.3 is 5.97 Å². The Morgan fingerprint density at radius 2 is 1.95 bits per heavy atom. The lowest BCUT2D eigenvalue weighted by molar-refractivity contribution is -0.147. The number of rotatable bonds is 5. The molecule has 5 heteroatoms. The summed E-state index contributed by atoms with van der Waals surface area (Å²) in [5, 5.41) is 9.18. The second kappa shape index (κ2) is 6.38. The Morgan fingerprint density at radius 3 is 2.45 bits per heavy atom. The molecule has 22 heavy (non-hydrogen) atoms. The van der Waals surface area contributed by atoms with E-state index in [1.165, 1.54) is 5.56 Å². The Labute approximate surface area is 130 Å². The fourth-order valence-corrected chi connectivity index (χ4v) is 2.53. The highest BCUT2D eigenvalue weighted by Gasteiger charge is 2.42. The van der Waals surface area contributed by atoms with Crippen LogP contribution < -0.4 is 4.74 Å². The first kappa shape index (κ1) is 16.3. The molecule has 0 aliphatic carbocycles. The minimum Gasteiger partial charge on any atom is -0.484 e. The van der Waals surface area contributed by atoms with E-state index in [1.807, 2.05) is 24.3 Å². The van der Waals surface area contributed by atoms with Gasteiger partial charge in [-0.05, 0) is 37.0 Å². The molecule has 1 fully saturated rings. The highest BCUT2D eigenvalue weighted by molar-refractivity contribution is 5.81. The van der Waals surface area contributed by atoms with Crippen molar-refractivity contribution in [3.63, 3.8) is 0 Å². The molecule has 0 saturated carbocycles. The number of nitrogens with zero attached hydrogens (tertiary/aromatic N) is 1. The minimum absolute atomic E-state index is 0.0588. The maximum atomic E-state index is 12.1. The van der Waals surface area contributed by atoms with Crippen LogP contribution in [0.15, 0.2) is 24.3 Å². The van der Waals surface area contributed by atoms with Gasteiger partial charge in [-0.25, -0.2) is 0 Å². The first-order valence-electron chi connectivity index (χ1n) is 7.56. The van der Waals surface area contributed by atoms with Crippen LogP contribution in [0.5, 0.6) is 5.75 Å². The van der Waals surface area contributed by atoms with Crippen LogP contribution in [0.25, 0.3) is 0 Å². The van der Waals surface area contributed by atoms with E-state index in [0.29, 0.717) is 24.6 Å². The van der Waals surface area contributed by atoms with Crippen molar-refractivity contribution in [2.45, 2.75) is 33.1 Å². The summed E-state index contributed by atoms with van der Waals surface area (Å²) >= 11 is 0. The van der Waals surface area contributed by atoms with Crippen LogP contribution in [0.2, 0.25) is 0 Å². The van der Waals surface area contributed by atoms with Crippen LogP contribution in [-0.4, -0.2) is 41.6 Å². The molecule has 1 aliphatic rings. The van der Waals surface area contributed by atoms with E-state index < -0.39 is 11.4 Å². The molecule has 120 valence electrons. The Balaban J connectivity index is 1.87. The molecule has 1 saturated heterocycles. The van der Waals surface area contributed by atoms with Crippen LogP contribution >= 0.6 is 0 Å². The number of benzene rings is 1. The number of carbonyl (C=O) groups is 2. The minimum atomic E-state index is -0.854. The van der Waals surface area contributed by atoms with Crippen molar-refractivity contribution in [2.75, 3.05) is 19.7 Å². The molecule has 1 atom stereocenters. The number of carboxylic acid groups (broad SMARTS) is 1. The number of carbonyl (C=O) groups excluding carboxylic acids is 1. The van der Waals surface area contributed by atoms with Gasteiger partial charge in [-0.3, -0.25) is 9.59 Å². The third kappa shape index (κ3) is 3.59. The number of hydrogen-bond acceptors (Lipinski definition) is 3. The van der Waals surface area contributed by atoms with Gasteiger partial charge in [0.2, 0.25) is 0 Å². The van der Waals surface area contributed by atoms with E-state index in [2.05, 4.69) is 13.8 Å². The van der Waals surface area contributed by atoms with E-state index in [-0.39, 0.29) is 19.1 Å². The highest BCUT2D eigenvalue weighted by Crippen LogP contribution is 2.30. The van der Waals surface area contributed by atoms with Crippen molar-refractivity contribution in [2.24, 2.45) is 5.41 Å². The zero-order valence-corrected chi connectivity index (χ0v) is 13.3. The lowest BCUT2D eigenvalue weighted by Gasteiger charge is -2.20. The lowest BCUT2D eigenvalue weighted by Crippen LogP contribution is -2.37. The molecule has 5 nitrogen and oxygen atoms in total. The molecule has 1 aromatic carbocycles. The van der Waals surface area contributed by atoms with Crippen LogP contribution in [0.1, 0.15) is 38.7 Å². The number of amides is 1. The van der Waals surface area contributed by atoms with Crippen molar-refractivity contribution in [1.29, 1.82) is 0 Å². The largest absolute Gasteiger partial charge is 0.484 e. The molecule has 2 rings (SSSR count). The van der Waals surface area contributed by atoms with Gasteiger partial charge in [0.1, 0.15) is 5.75 Å². The number of likely N-dealkylation sites (tertiary alicyclic amines) is 1. The number of aliphatic carboxylic acids is 1. The molecule has 0 aromatic heterocycles. The maximum Gasteiger partial charge on any atom is 0.311 e. The summed E-state index contributed by atoms with van der Waals surface area (Å²) in [5.74, 6) is 0.0813. The Bertz CT molecular complexity index is 552. The standard InChI is InChI=1S/C17H23NO4/c1-12(2)13-4-6-14(7-5-13)22-10-15(19)18-9-8-17(3,11-18)16(20)21/h4-7,12H,8-11H2,1-3H3,(H,20,21). The molecular formula is C17H23NO4. The zero-order valence-electron chi connectivity index (χ0n) is 13.3. The average Bonchev–Trinajstić information content (AvgIpc) is 2.89. The number of carboxylic acids is 1. The first-order chi connectivity index (χ1) is 10.3. The third-order valence-electron chi connectivity index (χ3n) is 4.25. The zero-order chi connectivity index (χ0) is 16.3. The van der Waals surface area contributed by atoms with Gasteiger partial charge in [-0.1, -0.05) is 26.0 Å². The topological polar surface area (TPSA) is 66.8 Å². The van der Waals surface area contributed by atoms with Crippen molar-refractivity contribution in [3.05, 3.63) is 29.8 Å². The molecule has 0 spiro atoms. The Hall–Kier alpha value is -2.04. The van der Waals surface area contributed by atoms with Crippen molar-refractivity contribution < 1.29 is 19.4 Å².